The Morgan fingerprint density at radius 1 is 1.47 bits per heavy atom. The number of aromatic hydroxyl groups is 1. The number of aromatic nitrogens is 1. The molecule has 1 aromatic carbocycles. The van der Waals surface area contributed by atoms with Crippen LogP contribution >= 0.6 is 11.6 Å². The Kier molecular flexibility index (Phi) is 3.81. The second-order valence-corrected chi connectivity index (χ2v) is 4.52. The SMILES string of the molecule is CCOC(=O)c1c(C)[nH]c(-c2cccc(Cl)c2)c1O. The Balaban J connectivity index is 2.50. The van der Waals surface area contributed by atoms with Gasteiger partial charge in [0.05, 0.1) is 12.3 Å². The highest BCUT2D eigenvalue weighted by Crippen LogP contribution is 2.35. The molecule has 0 amide bonds. The first-order valence-corrected chi connectivity index (χ1v) is 6.27. The zero-order chi connectivity index (χ0) is 14.0. The Labute approximate surface area is 116 Å². The van der Waals surface area contributed by atoms with E-state index in [0.29, 0.717) is 22.0 Å². The predicted molar refractivity (Wildman–Crippen MR) is 73.6 cm³/mol. The number of esters is 1. The van der Waals surface area contributed by atoms with E-state index >= 15 is 0 Å². The molecular weight excluding hydrogens is 266 g/mol. The largest absolute Gasteiger partial charge is 0.505 e. The van der Waals surface area contributed by atoms with Gasteiger partial charge in [-0.15, -0.1) is 0 Å². The lowest BCUT2D eigenvalue weighted by atomic mass is 10.1. The number of rotatable bonds is 3. The maximum atomic E-state index is 11.8. The van der Waals surface area contributed by atoms with Crippen molar-refractivity contribution in [2.24, 2.45) is 0 Å². The lowest BCUT2D eigenvalue weighted by Gasteiger charge is -2.02. The van der Waals surface area contributed by atoms with Crippen LogP contribution in [0.15, 0.2) is 24.3 Å². The smallest absolute Gasteiger partial charge is 0.343 e. The fraction of sp³-hybridized carbons (Fsp3) is 0.214. The van der Waals surface area contributed by atoms with Crippen LogP contribution in [0, 0.1) is 6.92 Å². The van der Waals surface area contributed by atoms with E-state index in [2.05, 4.69) is 4.98 Å². The van der Waals surface area contributed by atoms with Crippen LogP contribution in [-0.2, 0) is 4.74 Å². The van der Waals surface area contributed by atoms with Crippen molar-refractivity contribution < 1.29 is 14.6 Å². The van der Waals surface area contributed by atoms with Crippen LogP contribution in [-0.4, -0.2) is 22.7 Å². The van der Waals surface area contributed by atoms with Crippen molar-refractivity contribution in [1.82, 2.24) is 4.98 Å². The fourth-order valence-corrected chi connectivity index (χ4v) is 2.11. The summed E-state index contributed by atoms with van der Waals surface area (Å²) in [5, 5.41) is 10.7. The Hall–Kier alpha value is -1.94. The van der Waals surface area contributed by atoms with Gasteiger partial charge in [-0.05, 0) is 26.0 Å². The molecule has 1 heterocycles. The van der Waals surface area contributed by atoms with Gasteiger partial charge in [0.25, 0.3) is 0 Å². The highest BCUT2D eigenvalue weighted by atomic mass is 35.5. The average molecular weight is 280 g/mol. The van der Waals surface area contributed by atoms with Gasteiger partial charge in [0, 0.05) is 16.3 Å². The molecule has 19 heavy (non-hydrogen) atoms. The van der Waals surface area contributed by atoms with E-state index in [1.807, 2.05) is 0 Å². The molecule has 1 aromatic heterocycles. The number of carbonyl (C=O) groups excluding carboxylic acids is 1. The molecule has 0 saturated heterocycles. The normalized spacial score (nSPS) is 10.5. The van der Waals surface area contributed by atoms with Crippen LogP contribution in [0.3, 0.4) is 0 Å². The van der Waals surface area contributed by atoms with E-state index in [-0.39, 0.29) is 17.9 Å². The van der Waals surface area contributed by atoms with Crippen molar-refractivity contribution in [3.05, 3.63) is 40.5 Å². The van der Waals surface area contributed by atoms with Gasteiger partial charge >= 0.3 is 5.97 Å². The molecule has 0 aliphatic heterocycles. The minimum Gasteiger partial charge on any atom is -0.505 e. The van der Waals surface area contributed by atoms with Crippen molar-refractivity contribution in [1.29, 1.82) is 0 Å². The summed E-state index contributed by atoms with van der Waals surface area (Å²) in [4.78, 5) is 14.8. The van der Waals surface area contributed by atoms with E-state index in [4.69, 9.17) is 16.3 Å². The minimum absolute atomic E-state index is 0.113. The molecule has 5 heteroatoms. The average Bonchev–Trinajstić information content (AvgIpc) is 2.65. The van der Waals surface area contributed by atoms with E-state index < -0.39 is 5.97 Å². The summed E-state index contributed by atoms with van der Waals surface area (Å²) in [6, 6.07) is 7.02. The Bertz CT molecular complexity index is 619. The molecule has 2 N–H and O–H groups in total. The number of nitrogens with one attached hydrogen (secondary N) is 1. The number of hydrogen-bond acceptors (Lipinski definition) is 3. The molecule has 100 valence electrons. The van der Waals surface area contributed by atoms with Crippen LogP contribution in [0.4, 0.5) is 0 Å². The summed E-state index contributed by atoms with van der Waals surface area (Å²) in [7, 11) is 0. The number of benzene rings is 1. The molecule has 2 aromatic rings. The summed E-state index contributed by atoms with van der Waals surface area (Å²) in [6.07, 6.45) is 0. The Morgan fingerprint density at radius 3 is 2.84 bits per heavy atom. The monoisotopic (exact) mass is 279 g/mol. The third-order valence-electron chi connectivity index (χ3n) is 2.75. The first-order chi connectivity index (χ1) is 9.04. The molecule has 0 spiro atoms. The molecule has 0 aliphatic carbocycles. The van der Waals surface area contributed by atoms with Crippen molar-refractivity contribution in [2.45, 2.75) is 13.8 Å². The quantitative estimate of drug-likeness (QED) is 0.845. The van der Waals surface area contributed by atoms with E-state index in [1.54, 1.807) is 38.1 Å². The van der Waals surface area contributed by atoms with Gasteiger partial charge in [-0.2, -0.15) is 0 Å². The molecular formula is C14H14ClNO3. The van der Waals surface area contributed by atoms with Gasteiger partial charge in [0.2, 0.25) is 0 Å². The summed E-state index contributed by atoms with van der Waals surface area (Å²) < 4.78 is 4.92. The maximum Gasteiger partial charge on any atom is 0.343 e. The topological polar surface area (TPSA) is 62.3 Å². The van der Waals surface area contributed by atoms with Crippen molar-refractivity contribution in [3.63, 3.8) is 0 Å². The standard InChI is InChI=1S/C14H14ClNO3/c1-3-19-14(18)11-8(2)16-12(13(11)17)9-5-4-6-10(15)7-9/h4-7,16-17H,3H2,1-2H3. The second kappa shape index (κ2) is 5.36. The third kappa shape index (κ3) is 2.58. The van der Waals surface area contributed by atoms with Crippen LogP contribution in [0.25, 0.3) is 11.3 Å². The summed E-state index contributed by atoms with van der Waals surface area (Å²) >= 11 is 5.92. The minimum atomic E-state index is -0.540. The van der Waals surface area contributed by atoms with Gasteiger partial charge in [0.1, 0.15) is 5.56 Å². The summed E-state index contributed by atoms with van der Waals surface area (Å²) in [6.45, 7) is 3.68. The molecule has 0 aliphatic rings. The Morgan fingerprint density at radius 2 is 2.21 bits per heavy atom. The highest BCUT2D eigenvalue weighted by molar-refractivity contribution is 6.30. The van der Waals surface area contributed by atoms with Gasteiger partial charge in [-0.1, -0.05) is 23.7 Å². The first kappa shape index (κ1) is 13.5. The zero-order valence-corrected chi connectivity index (χ0v) is 11.4. The van der Waals surface area contributed by atoms with Crippen molar-refractivity contribution >= 4 is 17.6 Å². The van der Waals surface area contributed by atoms with E-state index in [1.165, 1.54) is 0 Å². The number of H-pyrrole nitrogens is 1. The van der Waals surface area contributed by atoms with Gasteiger partial charge < -0.3 is 14.8 Å². The van der Waals surface area contributed by atoms with Crippen LogP contribution in [0.5, 0.6) is 5.75 Å². The molecule has 0 atom stereocenters. The van der Waals surface area contributed by atoms with E-state index in [0.717, 1.165) is 0 Å². The molecule has 0 fully saturated rings. The molecule has 4 nitrogen and oxygen atoms in total. The molecule has 2 rings (SSSR count). The molecule has 0 radical (unpaired) electrons. The number of carbonyl (C=O) groups is 1. The van der Waals surface area contributed by atoms with Crippen LogP contribution in [0.1, 0.15) is 23.0 Å². The van der Waals surface area contributed by atoms with Crippen molar-refractivity contribution in [2.75, 3.05) is 6.61 Å². The molecule has 0 unspecified atom stereocenters. The summed E-state index contributed by atoms with van der Waals surface area (Å²) in [5.41, 5.74) is 1.90. The summed E-state index contributed by atoms with van der Waals surface area (Å²) in [5.74, 6) is -0.653. The lowest BCUT2D eigenvalue weighted by Crippen LogP contribution is -2.05. The third-order valence-corrected chi connectivity index (χ3v) is 2.99. The van der Waals surface area contributed by atoms with Crippen LogP contribution in [0.2, 0.25) is 5.02 Å². The molecule has 0 bridgehead atoms. The predicted octanol–water partition coefficient (Wildman–Crippen LogP) is 3.53. The highest BCUT2D eigenvalue weighted by Gasteiger charge is 2.22. The first-order valence-electron chi connectivity index (χ1n) is 5.89. The maximum absolute atomic E-state index is 11.8. The van der Waals surface area contributed by atoms with Gasteiger partial charge in [-0.25, -0.2) is 4.79 Å². The van der Waals surface area contributed by atoms with Crippen molar-refractivity contribution in [3.8, 4) is 17.0 Å². The number of hydrogen-bond donors (Lipinski definition) is 2. The van der Waals surface area contributed by atoms with Crippen LogP contribution < -0.4 is 0 Å². The molecule has 0 saturated carbocycles. The lowest BCUT2D eigenvalue weighted by molar-refractivity contribution is 0.0522. The number of ether oxygens (including phenoxy) is 1. The number of aryl methyl sites for hydroxylation is 1. The second-order valence-electron chi connectivity index (χ2n) is 4.08. The van der Waals surface area contributed by atoms with Gasteiger partial charge in [-0.3, -0.25) is 0 Å². The number of aromatic amines is 1. The number of halogens is 1. The zero-order valence-electron chi connectivity index (χ0n) is 10.7. The van der Waals surface area contributed by atoms with E-state index in [9.17, 15) is 9.90 Å². The fourth-order valence-electron chi connectivity index (χ4n) is 1.92. The van der Waals surface area contributed by atoms with Gasteiger partial charge in [0.15, 0.2) is 5.75 Å².